The highest BCUT2D eigenvalue weighted by atomic mass is 35.5. The van der Waals surface area contributed by atoms with Crippen LogP contribution >= 0.6 is 23.8 Å². The Kier molecular flexibility index (Phi) is 3.35. The second-order valence-electron chi connectivity index (χ2n) is 3.96. The number of rotatable bonds is 2. The van der Waals surface area contributed by atoms with Gasteiger partial charge in [-0.15, -0.1) is 0 Å². The fourth-order valence-corrected chi connectivity index (χ4v) is 2.42. The van der Waals surface area contributed by atoms with Crippen LogP contribution in [0.3, 0.4) is 0 Å². The minimum absolute atomic E-state index is 0.00205. The normalized spacial score (nSPS) is 15.9. The Labute approximate surface area is 111 Å². The quantitative estimate of drug-likeness (QED) is 0.771. The van der Waals surface area contributed by atoms with Gasteiger partial charge in [0.2, 0.25) is 0 Å². The van der Waals surface area contributed by atoms with E-state index in [-0.39, 0.29) is 5.91 Å². The highest BCUT2D eigenvalue weighted by Crippen LogP contribution is 2.28. The molecule has 0 radical (unpaired) electrons. The molecule has 1 aromatic carbocycles. The number of anilines is 1. The van der Waals surface area contributed by atoms with Crippen LogP contribution in [-0.2, 0) is 4.79 Å². The molecule has 1 saturated heterocycles. The Balaban J connectivity index is 2.43. The molecule has 0 saturated carbocycles. The van der Waals surface area contributed by atoms with Crippen LogP contribution in [0.2, 0.25) is 5.02 Å². The average Bonchev–Trinajstić information content (AvgIpc) is 2.58. The number of carbonyl (C=O) groups excluding carboxylic acids is 1. The predicted octanol–water partition coefficient (Wildman–Crippen LogP) is 2.60. The van der Waals surface area contributed by atoms with Crippen molar-refractivity contribution >= 4 is 40.5 Å². The first-order chi connectivity index (χ1) is 8.04. The van der Waals surface area contributed by atoms with Crippen LogP contribution in [0.5, 0.6) is 0 Å². The number of likely N-dealkylation sites (N-methyl/N-ethyl adjacent to an activating group) is 1. The van der Waals surface area contributed by atoms with Crippen LogP contribution < -0.4 is 4.90 Å². The van der Waals surface area contributed by atoms with Gasteiger partial charge in [0.15, 0.2) is 5.11 Å². The summed E-state index contributed by atoms with van der Waals surface area (Å²) in [6.07, 6.45) is 0. The SMILES string of the molecule is CCN1CC(=O)N(c2cc(Cl)ccc2C)C1=S. The van der Waals surface area contributed by atoms with Crippen molar-refractivity contribution in [2.24, 2.45) is 0 Å². The van der Waals surface area contributed by atoms with Crippen LogP contribution in [0.4, 0.5) is 5.69 Å². The zero-order chi connectivity index (χ0) is 12.6. The molecule has 0 aromatic heterocycles. The zero-order valence-corrected chi connectivity index (χ0v) is 11.3. The van der Waals surface area contributed by atoms with Crippen LogP contribution in [0.1, 0.15) is 12.5 Å². The maximum Gasteiger partial charge on any atom is 0.252 e. The average molecular weight is 269 g/mol. The third-order valence-electron chi connectivity index (χ3n) is 2.83. The standard InChI is InChI=1S/C12H13ClN2OS/c1-3-14-7-11(16)15(12(14)17)10-6-9(13)5-4-8(10)2/h4-6H,3,7H2,1-2H3. The number of carbonyl (C=O) groups is 1. The summed E-state index contributed by atoms with van der Waals surface area (Å²) >= 11 is 11.3. The molecule has 1 aliphatic heterocycles. The fourth-order valence-electron chi connectivity index (χ4n) is 1.86. The summed E-state index contributed by atoms with van der Waals surface area (Å²) in [5, 5.41) is 1.17. The Hall–Kier alpha value is -1.13. The Bertz CT molecular complexity index is 489. The first-order valence-corrected chi connectivity index (χ1v) is 6.21. The topological polar surface area (TPSA) is 23.6 Å². The maximum atomic E-state index is 12.0. The van der Waals surface area contributed by atoms with Crippen molar-refractivity contribution in [2.75, 3.05) is 18.0 Å². The van der Waals surface area contributed by atoms with Gasteiger partial charge >= 0.3 is 0 Å². The summed E-state index contributed by atoms with van der Waals surface area (Å²) in [4.78, 5) is 15.4. The van der Waals surface area contributed by atoms with Gasteiger partial charge in [-0.25, -0.2) is 0 Å². The molecule has 1 fully saturated rings. The number of hydrogen-bond acceptors (Lipinski definition) is 2. The van der Waals surface area contributed by atoms with Crippen LogP contribution in [0.25, 0.3) is 0 Å². The summed E-state index contributed by atoms with van der Waals surface area (Å²) in [6, 6.07) is 5.48. The lowest BCUT2D eigenvalue weighted by molar-refractivity contribution is -0.116. The second kappa shape index (κ2) is 4.63. The lowest BCUT2D eigenvalue weighted by Gasteiger charge is -2.20. The van der Waals surface area contributed by atoms with E-state index in [9.17, 15) is 4.79 Å². The third-order valence-corrected chi connectivity index (χ3v) is 3.51. The summed E-state index contributed by atoms with van der Waals surface area (Å²) in [6.45, 7) is 5.01. The lowest BCUT2D eigenvalue weighted by atomic mass is 10.2. The Morgan fingerprint density at radius 1 is 1.47 bits per heavy atom. The first-order valence-electron chi connectivity index (χ1n) is 5.42. The van der Waals surface area contributed by atoms with E-state index in [1.807, 2.05) is 30.9 Å². The van der Waals surface area contributed by atoms with Gasteiger partial charge in [-0.05, 0) is 43.8 Å². The van der Waals surface area contributed by atoms with Gasteiger partial charge < -0.3 is 4.90 Å². The molecule has 5 heteroatoms. The molecule has 1 heterocycles. The molecule has 90 valence electrons. The van der Waals surface area contributed by atoms with Crippen molar-refractivity contribution < 1.29 is 4.79 Å². The van der Waals surface area contributed by atoms with Crippen molar-refractivity contribution in [1.82, 2.24) is 4.90 Å². The molecular formula is C12H13ClN2OS. The molecule has 1 aliphatic rings. The molecule has 0 spiro atoms. The minimum Gasteiger partial charge on any atom is -0.339 e. The largest absolute Gasteiger partial charge is 0.339 e. The molecule has 1 amide bonds. The lowest BCUT2D eigenvalue weighted by Crippen LogP contribution is -2.33. The van der Waals surface area contributed by atoms with E-state index in [1.54, 1.807) is 11.0 Å². The summed E-state index contributed by atoms with van der Waals surface area (Å²) in [7, 11) is 0. The van der Waals surface area contributed by atoms with Gasteiger partial charge in [-0.2, -0.15) is 0 Å². The number of halogens is 1. The second-order valence-corrected chi connectivity index (χ2v) is 4.76. The van der Waals surface area contributed by atoms with E-state index in [4.69, 9.17) is 23.8 Å². The number of amides is 1. The van der Waals surface area contributed by atoms with Gasteiger partial charge in [-0.3, -0.25) is 9.69 Å². The van der Waals surface area contributed by atoms with Crippen LogP contribution in [0, 0.1) is 6.92 Å². The van der Waals surface area contributed by atoms with E-state index < -0.39 is 0 Å². The van der Waals surface area contributed by atoms with Crippen molar-refractivity contribution in [2.45, 2.75) is 13.8 Å². The Morgan fingerprint density at radius 2 is 2.18 bits per heavy atom. The van der Waals surface area contributed by atoms with Crippen molar-refractivity contribution in [3.8, 4) is 0 Å². The van der Waals surface area contributed by atoms with E-state index in [2.05, 4.69) is 0 Å². The number of aryl methyl sites for hydroxylation is 1. The molecule has 17 heavy (non-hydrogen) atoms. The molecule has 2 rings (SSSR count). The van der Waals surface area contributed by atoms with Crippen molar-refractivity contribution in [3.63, 3.8) is 0 Å². The third kappa shape index (κ3) is 2.15. The number of nitrogens with zero attached hydrogens (tertiary/aromatic N) is 2. The number of hydrogen-bond donors (Lipinski definition) is 0. The molecule has 3 nitrogen and oxygen atoms in total. The summed E-state index contributed by atoms with van der Waals surface area (Å²) in [5.74, 6) is 0.00205. The van der Waals surface area contributed by atoms with E-state index in [0.717, 1.165) is 17.8 Å². The highest BCUT2D eigenvalue weighted by molar-refractivity contribution is 7.80. The highest BCUT2D eigenvalue weighted by Gasteiger charge is 2.33. The number of benzene rings is 1. The van der Waals surface area contributed by atoms with E-state index in [1.165, 1.54) is 0 Å². The molecule has 0 unspecified atom stereocenters. The van der Waals surface area contributed by atoms with Gasteiger partial charge in [0.1, 0.15) is 0 Å². The molecular weight excluding hydrogens is 256 g/mol. The molecule has 1 aromatic rings. The Morgan fingerprint density at radius 3 is 2.76 bits per heavy atom. The van der Waals surface area contributed by atoms with Gasteiger partial charge in [0.05, 0.1) is 12.2 Å². The molecule has 0 aliphatic carbocycles. The number of thiocarbonyl (C=S) groups is 1. The van der Waals surface area contributed by atoms with E-state index >= 15 is 0 Å². The van der Waals surface area contributed by atoms with E-state index in [0.29, 0.717) is 16.7 Å². The van der Waals surface area contributed by atoms with Gasteiger partial charge in [0, 0.05) is 11.6 Å². The van der Waals surface area contributed by atoms with Crippen LogP contribution in [0.15, 0.2) is 18.2 Å². The summed E-state index contributed by atoms with van der Waals surface area (Å²) < 4.78 is 0. The minimum atomic E-state index is 0.00205. The summed E-state index contributed by atoms with van der Waals surface area (Å²) in [5.41, 5.74) is 1.77. The van der Waals surface area contributed by atoms with Crippen molar-refractivity contribution in [1.29, 1.82) is 0 Å². The monoisotopic (exact) mass is 268 g/mol. The maximum absolute atomic E-state index is 12.0. The molecule has 0 bridgehead atoms. The predicted molar refractivity (Wildman–Crippen MR) is 73.5 cm³/mol. The zero-order valence-electron chi connectivity index (χ0n) is 9.74. The fraction of sp³-hybridized carbons (Fsp3) is 0.333. The van der Waals surface area contributed by atoms with Crippen LogP contribution in [-0.4, -0.2) is 29.0 Å². The smallest absolute Gasteiger partial charge is 0.252 e. The van der Waals surface area contributed by atoms with Crippen molar-refractivity contribution in [3.05, 3.63) is 28.8 Å². The van der Waals surface area contributed by atoms with Gasteiger partial charge in [-0.1, -0.05) is 17.7 Å². The molecule has 0 atom stereocenters. The first kappa shape index (κ1) is 12.3. The molecule has 0 N–H and O–H groups in total. The van der Waals surface area contributed by atoms with Gasteiger partial charge in [0.25, 0.3) is 5.91 Å².